The van der Waals surface area contributed by atoms with E-state index in [-0.39, 0.29) is 5.92 Å². The minimum atomic E-state index is 0.279. The Hall–Kier alpha value is -1.27. The molecule has 0 aromatic carbocycles. The maximum absolute atomic E-state index is 5.32. The maximum atomic E-state index is 5.32. The van der Waals surface area contributed by atoms with E-state index in [1.54, 1.807) is 11.3 Å². The molecule has 0 saturated carbocycles. The number of aromatic nitrogens is 3. The highest BCUT2D eigenvalue weighted by molar-refractivity contribution is 7.15. The fourth-order valence-corrected chi connectivity index (χ4v) is 2.80. The molecular weight excluding hydrogens is 238 g/mol. The molecule has 0 unspecified atom stereocenters. The van der Waals surface area contributed by atoms with Crippen molar-refractivity contribution in [3.8, 4) is 10.8 Å². The van der Waals surface area contributed by atoms with E-state index in [0.717, 1.165) is 34.4 Å². The van der Waals surface area contributed by atoms with Crippen molar-refractivity contribution < 1.29 is 9.26 Å². The fourth-order valence-electron chi connectivity index (χ4n) is 1.96. The summed E-state index contributed by atoms with van der Waals surface area (Å²) in [6, 6.07) is 0. The third kappa shape index (κ3) is 1.98. The molecule has 3 rings (SSSR count). The van der Waals surface area contributed by atoms with Crippen LogP contribution in [0.25, 0.3) is 10.8 Å². The molecule has 0 N–H and O–H groups in total. The highest BCUT2D eigenvalue weighted by atomic mass is 32.1. The lowest BCUT2D eigenvalue weighted by atomic mass is 10.1. The molecule has 3 heterocycles. The third-order valence-electron chi connectivity index (χ3n) is 2.83. The first-order chi connectivity index (χ1) is 8.24. The molecule has 6 heteroatoms. The Morgan fingerprint density at radius 3 is 2.82 bits per heavy atom. The molecule has 0 amide bonds. The van der Waals surface area contributed by atoms with Gasteiger partial charge in [0.1, 0.15) is 4.88 Å². The Balaban J connectivity index is 1.91. The Kier molecular flexibility index (Phi) is 2.68. The van der Waals surface area contributed by atoms with E-state index in [1.165, 1.54) is 0 Å². The Morgan fingerprint density at radius 2 is 2.18 bits per heavy atom. The summed E-state index contributed by atoms with van der Waals surface area (Å²) in [5.74, 6) is 1.61. The van der Waals surface area contributed by atoms with Crippen LogP contribution in [0.15, 0.2) is 4.52 Å². The van der Waals surface area contributed by atoms with Crippen molar-refractivity contribution in [2.75, 3.05) is 13.2 Å². The first-order valence-corrected chi connectivity index (χ1v) is 6.41. The van der Waals surface area contributed by atoms with Crippen LogP contribution < -0.4 is 0 Å². The zero-order valence-corrected chi connectivity index (χ0v) is 10.6. The van der Waals surface area contributed by atoms with Crippen LogP contribution in [0.5, 0.6) is 0 Å². The molecule has 2 aromatic rings. The number of ether oxygens (including phenoxy) is 1. The summed E-state index contributed by atoms with van der Waals surface area (Å²) in [7, 11) is 0. The molecule has 5 nitrogen and oxygen atoms in total. The Morgan fingerprint density at radius 1 is 1.29 bits per heavy atom. The van der Waals surface area contributed by atoms with E-state index in [2.05, 4.69) is 15.1 Å². The van der Waals surface area contributed by atoms with Crippen LogP contribution in [0.4, 0.5) is 0 Å². The fraction of sp³-hybridized carbons (Fsp3) is 0.545. The van der Waals surface area contributed by atoms with E-state index >= 15 is 0 Å². The van der Waals surface area contributed by atoms with E-state index in [1.807, 2.05) is 13.8 Å². The van der Waals surface area contributed by atoms with Crippen LogP contribution in [0.2, 0.25) is 0 Å². The van der Waals surface area contributed by atoms with Gasteiger partial charge in [-0.1, -0.05) is 5.16 Å². The van der Waals surface area contributed by atoms with Crippen LogP contribution in [0.1, 0.15) is 28.9 Å². The van der Waals surface area contributed by atoms with Crippen LogP contribution >= 0.6 is 11.3 Å². The minimum absolute atomic E-state index is 0.279. The molecule has 1 atom stereocenters. The van der Waals surface area contributed by atoms with Gasteiger partial charge >= 0.3 is 0 Å². The zero-order valence-electron chi connectivity index (χ0n) is 9.77. The molecule has 0 radical (unpaired) electrons. The lowest BCUT2D eigenvalue weighted by Crippen LogP contribution is -1.99. The lowest BCUT2D eigenvalue weighted by Gasteiger charge is -1.97. The summed E-state index contributed by atoms with van der Waals surface area (Å²) in [6.07, 6.45) is 0.972. The monoisotopic (exact) mass is 251 g/mol. The van der Waals surface area contributed by atoms with Crippen molar-refractivity contribution in [3.05, 3.63) is 16.5 Å². The molecule has 1 fully saturated rings. The van der Waals surface area contributed by atoms with Gasteiger partial charge in [-0.3, -0.25) is 0 Å². The standard InChI is InChI=1S/C11H13N3O2S/c1-6-9(17-7(2)12-6)11-13-10(14-16-11)8-3-4-15-5-8/h8H,3-5H2,1-2H3/t8-/m0/s1. The first kappa shape index (κ1) is 10.9. The average molecular weight is 251 g/mol. The van der Waals surface area contributed by atoms with Crippen molar-refractivity contribution in [1.29, 1.82) is 0 Å². The van der Waals surface area contributed by atoms with Crippen LogP contribution in [-0.4, -0.2) is 28.3 Å². The number of nitrogens with zero attached hydrogens (tertiary/aromatic N) is 3. The SMILES string of the molecule is Cc1nc(C)c(-c2nc([C@H]3CCOC3)no2)s1. The van der Waals surface area contributed by atoms with Crippen molar-refractivity contribution >= 4 is 11.3 Å². The highest BCUT2D eigenvalue weighted by Crippen LogP contribution is 2.30. The number of rotatable bonds is 2. The number of thiazole rings is 1. The van der Waals surface area contributed by atoms with Gasteiger partial charge in [0.05, 0.1) is 17.3 Å². The largest absolute Gasteiger partial charge is 0.381 e. The summed E-state index contributed by atoms with van der Waals surface area (Å²) < 4.78 is 10.6. The van der Waals surface area contributed by atoms with Gasteiger partial charge in [0.25, 0.3) is 5.89 Å². The molecule has 0 spiro atoms. The van der Waals surface area contributed by atoms with Gasteiger partial charge in [-0.2, -0.15) is 4.98 Å². The van der Waals surface area contributed by atoms with Gasteiger partial charge in [0, 0.05) is 12.5 Å². The Labute approximate surface area is 103 Å². The van der Waals surface area contributed by atoms with Crippen LogP contribution in [-0.2, 0) is 4.74 Å². The van der Waals surface area contributed by atoms with Gasteiger partial charge in [-0.15, -0.1) is 11.3 Å². The summed E-state index contributed by atoms with van der Waals surface area (Å²) in [4.78, 5) is 9.78. The molecule has 17 heavy (non-hydrogen) atoms. The molecular formula is C11H13N3O2S. The van der Waals surface area contributed by atoms with Crippen molar-refractivity contribution in [3.63, 3.8) is 0 Å². The summed E-state index contributed by atoms with van der Waals surface area (Å²) in [6.45, 7) is 5.41. The normalized spacial score (nSPS) is 20.0. The van der Waals surface area contributed by atoms with Gasteiger partial charge in [-0.05, 0) is 20.3 Å². The molecule has 0 aliphatic carbocycles. The first-order valence-electron chi connectivity index (χ1n) is 5.60. The molecule has 1 aliphatic heterocycles. The third-order valence-corrected chi connectivity index (χ3v) is 3.90. The van der Waals surface area contributed by atoms with Crippen molar-refractivity contribution in [2.24, 2.45) is 0 Å². The zero-order chi connectivity index (χ0) is 11.8. The van der Waals surface area contributed by atoms with Crippen LogP contribution in [0, 0.1) is 13.8 Å². The van der Waals surface area contributed by atoms with Gasteiger partial charge < -0.3 is 9.26 Å². The number of hydrogen-bond acceptors (Lipinski definition) is 6. The van der Waals surface area contributed by atoms with E-state index < -0.39 is 0 Å². The molecule has 1 aliphatic rings. The number of aryl methyl sites for hydroxylation is 2. The highest BCUT2D eigenvalue weighted by Gasteiger charge is 2.24. The summed E-state index contributed by atoms with van der Waals surface area (Å²) in [5.41, 5.74) is 0.949. The van der Waals surface area contributed by atoms with Gasteiger partial charge in [0.2, 0.25) is 0 Å². The maximum Gasteiger partial charge on any atom is 0.269 e. The van der Waals surface area contributed by atoms with E-state index in [4.69, 9.17) is 9.26 Å². The smallest absolute Gasteiger partial charge is 0.269 e. The van der Waals surface area contributed by atoms with Crippen molar-refractivity contribution in [2.45, 2.75) is 26.2 Å². The predicted octanol–water partition coefficient (Wildman–Crippen LogP) is 2.31. The molecule has 2 aromatic heterocycles. The second-order valence-electron chi connectivity index (χ2n) is 4.17. The average Bonchev–Trinajstić information content (AvgIpc) is 2.97. The topological polar surface area (TPSA) is 61.0 Å². The second-order valence-corrected chi connectivity index (χ2v) is 5.37. The van der Waals surface area contributed by atoms with Crippen LogP contribution in [0.3, 0.4) is 0 Å². The quantitative estimate of drug-likeness (QED) is 0.819. The van der Waals surface area contributed by atoms with Crippen molar-refractivity contribution in [1.82, 2.24) is 15.1 Å². The van der Waals surface area contributed by atoms with Gasteiger partial charge in [0.15, 0.2) is 5.82 Å². The van der Waals surface area contributed by atoms with E-state index in [9.17, 15) is 0 Å². The second kappa shape index (κ2) is 4.19. The minimum Gasteiger partial charge on any atom is -0.381 e. The lowest BCUT2D eigenvalue weighted by molar-refractivity contribution is 0.192. The van der Waals surface area contributed by atoms with E-state index in [0.29, 0.717) is 12.5 Å². The molecule has 1 saturated heterocycles. The molecule has 90 valence electrons. The number of hydrogen-bond donors (Lipinski definition) is 0. The van der Waals surface area contributed by atoms with Gasteiger partial charge in [-0.25, -0.2) is 4.98 Å². The molecule has 0 bridgehead atoms. The Bertz CT molecular complexity index is 529. The predicted molar refractivity (Wildman–Crippen MR) is 63.1 cm³/mol. The summed E-state index contributed by atoms with van der Waals surface area (Å²) in [5, 5.41) is 5.05. The summed E-state index contributed by atoms with van der Waals surface area (Å²) >= 11 is 1.58.